The summed E-state index contributed by atoms with van der Waals surface area (Å²) in [4.78, 5) is 0. The van der Waals surface area contributed by atoms with Crippen molar-refractivity contribution in [3.63, 3.8) is 0 Å². The van der Waals surface area contributed by atoms with Crippen molar-refractivity contribution in [2.24, 2.45) is 0 Å². The standard InChI is InChI=1S/C76H53NSi/c1-78(2)75-48-63(50-12-4-3-5-13-50)38-42-69(75)70-43-41-64(49-76(70)78)77-73-44-39-61(55-26-22-51(23-27-55)53-30-34-59(35-31-53)67-20-10-16-57-14-6-8-18-65(57)67)46-71(73)72-47-62(40-45-74(72)77)56-28-24-52(25-29-56)54-32-36-60(37-33-54)68-21-11-17-58-15-7-9-19-66(58)68/h3-49H,1-2H3. The van der Waals surface area contributed by atoms with Gasteiger partial charge in [-0.05, 0) is 157 Å². The second-order valence-corrected chi connectivity index (χ2v) is 26.0. The molecule has 2 heterocycles. The van der Waals surface area contributed by atoms with Gasteiger partial charge >= 0.3 is 0 Å². The summed E-state index contributed by atoms with van der Waals surface area (Å²) in [6.07, 6.45) is 0. The van der Waals surface area contributed by atoms with Crippen LogP contribution < -0.4 is 10.4 Å². The van der Waals surface area contributed by atoms with Crippen molar-refractivity contribution in [1.29, 1.82) is 0 Å². The normalized spacial score (nSPS) is 12.6. The third kappa shape index (κ3) is 7.67. The molecule has 0 bridgehead atoms. The molecule has 1 aliphatic rings. The maximum Gasteiger partial charge on any atom is 0.113 e. The zero-order chi connectivity index (χ0) is 51.9. The van der Waals surface area contributed by atoms with E-state index in [1.807, 2.05) is 0 Å². The molecule has 0 unspecified atom stereocenters. The molecule has 0 atom stereocenters. The van der Waals surface area contributed by atoms with E-state index in [1.165, 1.54) is 148 Å². The molecule has 2 heteroatoms. The highest BCUT2D eigenvalue weighted by Gasteiger charge is 2.38. The first-order valence-corrected chi connectivity index (χ1v) is 30.2. The van der Waals surface area contributed by atoms with Crippen LogP contribution in [0.3, 0.4) is 0 Å². The van der Waals surface area contributed by atoms with Gasteiger partial charge in [-0.25, -0.2) is 0 Å². The number of fused-ring (bicyclic) bond motifs is 8. The maximum absolute atomic E-state index is 2.53. The fourth-order valence-electron chi connectivity index (χ4n) is 12.7. The van der Waals surface area contributed by atoms with Crippen molar-refractivity contribution in [3.8, 4) is 94.7 Å². The van der Waals surface area contributed by atoms with Crippen LogP contribution in [0.2, 0.25) is 13.1 Å². The maximum atomic E-state index is 2.53. The van der Waals surface area contributed by atoms with Crippen LogP contribution in [0.15, 0.2) is 285 Å². The predicted octanol–water partition coefficient (Wildman–Crippen LogP) is 19.6. The number of hydrogen-bond donors (Lipinski definition) is 0. The Balaban J connectivity index is 0.792. The van der Waals surface area contributed by atoms with Crippen LogP contribution in [0, 0.1) is 0 Å². The zero-order valence-corrected chi connectivity index (χ0v) is 44.6. The Labute approximate surface area is 456 Å². The molecule has 0 aliphatic carbocycles. The molecule has 1 aliphatic heterocycles. The first-order chi connectivity index (χ1) is 38.4. The fourth-order valence-corrected chi connectivity index (χ4v) is 15.8. The molecule has 0 saturated carbocycles. The smallest absolute Gasteiger partial charge is 0.113 e. The molecule has 1 aromatic heterocycles. The topological polar surface area (TPSA) is 4.93 Å². The highest BCUT2D eigenvalue weighted by molar-refractivity contribution is 7.03. The first kappa shape index (κ1) is 45.8. The lowest BCUT2D eigenvalue weighted by Gasteiger charge is -2.20. The van der Waals surface area contributed by atoms with Crippen molar-refractivity contribution >= 4 is 61.8 Å². The van der Waals surface area contributed by atoms with Gasteiger partial charge in [0.15, 0.2) is 0 Å². The molecule has 0 saturated heterocycles. The van der Waals surface area contributed by atoms with E-state index in [9.17, 15) is 0 Å². The van der Waals surface area contributed by atoms with Crippen LogP contribution >= 0.6 is 0 Å². The summed E-state index contributed by atoms with van der Waals surface area (Å²) in [7, 11) is -2.06. The molecular weight excluding hydrogens is 955 g/mol. The third-order valence-corrected chi connectivity index (χ3v) is 20.4. The Morgan fingerprint density at radius 3 is 1.06 bits per heavy atom. The minimum absolute atomic E-state index is 1.20. The molecule has 1 nitrogen and oxygen atoms in total. The number of rotatable bonds is 8. The highest BCUT2D eigenvalue weighted by Crippen LogP contribution is 2.41. The highest BCUT2D eigenvalue weighted by atomic mass is 28.3. The minimum Gasteiger partial charge on any atom is -0.309 e. The second-order valence-electron chi connectivity index (χ2n) is 21.6. The van der Waals surface area contributed by atoms with E-state index in [0.717, 1.165) is 0 Å². The Kier molecular flexibility index (Phi) is 10.7. The van der Waals surface area contributed by atoms with Gasteiger partial charge in [0.2, 0.25) is 0 Å². The van der Waals surface area contributed by atoms with Gasteiger partial charge in [0.05, 0.1) is 11.0 Å². The van der Waals surface area contributed by atoms with Crippen LogP contribution in [0.5, 0.6) is 0 Å². The van der Waals surface area contributed by atoms with E-state index in [2.05, 4.69) is 303 Å². The molecule has 13 aromatic carbocycles. The largest absolute Gasteiger partial charge is 0.309 e. The average Bonchev–Trinajstić information content (AvgIpc) is 4.10. The van der Waals surface area contributed by atoms with Crippen LogP contribution in [0.1, 0.15) is 0 Å². The summed E-state index contributed by atoms with van der Waals surface area (Å²) in [6.45, 7) is 5.06. The average molecular weight is 1010 g/mol. The molecular formula is C76H53NSi. The third-order valence-electron chi connectivity index (χ3n) is 16.9. The summed E-state index contributed by atoms with van der Waals surface area (Å²) in [5.41, 5.74) is 23.5. The summed E-state index contributed by atoms with van der Waals surface area (Å²) in [5, 5.41) is 10.6. The van der Waals surface area contributed by atoms with Gasteiger partial charge in [-0.15, -0.1) is 0 Å². The van der Waals surface area contributed by atoms with Crippen LogP contribution in [-0.2, 0) is 0 Å². The summed E-state index contributed by atoms with van der Waals surface area (Å²) in [5.74, 6) is 0. The zero-order valence-electron chi connectivity index (χ0n) is 43.6. The van der Waals surface area contributed by atoms with Crippen molar-refractivity contribution in [2.75, 3.05) is 0 Å². The van der Waals surface area contributed by atoms with Crippen LogP contribution in [-0.4, -0.2) is 12.6 Å². The molecule has 15 rings (SSSR count). The van der Waals surface area contributed by atoms with E-state index in [0.29, 0.717) is 0 Å². The number of benzene rings is 13. The molecule has 0 amide bonds. The first-order valence-electron chi connectivity index (χ1n) is 27.2. The van der Waals surface area contributed by atoms with Gasteiger partial charge in [-0.3, -0.25) is 0 Å². The lowest BCUT2D eigenvalue weighted by molar-refractivity contribution is 1.18. The monoisotopic (exact) mass is 1010 g/mol. The summed E-state index contributed by atoms with van der Waals surface area (Å²) in [6, 6.07) is 106. The Morgan fingerprint density at radius 1 is 0.231 bits per heavy atom. The predicted molar refractivity (Wildman–Crippen MR) is 336 cm³/mol. The van der Waals surface area contributed by atoms with Gasteiger partial charge in [0, 0.05) is 16.5 Å². The second kappa shape index (κ2) is 18.3. The van der Waals surface area contributed by atoms with Gasteiger partial charge in [0.25, 0.3) is 0 Å². The van der Waals surface area contributed by atoms with Crippen LogP contribution in [0.25, 0.3) is 138 Å². The molecule has 14 aromatic rings. The lowest BCUT2D eigenvalue weighted by Crippen LogP contribution is -2.49. The molecule has 0 N–H and O–H groups in total. The van der Waals surface area contributed by atoms with E-state index < -0.39 is 8.07 Å². The lowest BCUT2D eigenvalue weighted by atomic mass is 9.95. The van der Waals surface area contributed by atoms with E-state index >= 15 is 0 Å². The van der Waals surface area contributed by atoms with Crippen molar-refractivity contribution in [3.05, 3.63) is 285 Å². The van der Waals surface area contributed by atoms with Crippen LogP contribution in [0.4, 0.5) is 0 Å². The number of hydrogen-bond acceptors (Lipinski definition) is 0. The SMILES string of the molecule is C[Si]1(C)c2cc(-c3ccccc3)ccc2-c2ccc(-n3c4ccc(-c5ccc(-c6ccc(-c7cccc8ccccc78)cc6)cc5)cc4c4cc(-c5ccc(-c6ccc(-c7cccc8ccccc78)cc6)cc5)ccc43)cc21. The van der Waals surface area contributed by atoms with Gasteiger partial charge in [-0.1, -0.05) is 262 Å². The molecule has 0 fully saturated rings. The van der Waals surface area contributed by atoms with Gasteiger partial charge in [-0.2, -0.15) is 0 Å². The van der Waals surface area contributed by atoms with E-state index in [-0.39, 0.29) is 0 Å². The van der Waals surface area contributed by atoms with Gasteiger partial charge in [0.1, 0.15) is 8.07 Å². The quantitative estimate of drug-likeness (QED) is 0.134. The number of nitrogens with zero attached hydrogens (tertiary/aromatic N) is 1. The molecule has 0 radical (unpaired) electrons. The van der Waals surface area contributed by atoms with Crippen molar-refractivity contribution < 1.29 is 0 Å². The minimum atomic E-state index is -2.06. The Bertz CT molecular complexity index is 4410. The van der Waals surface area contributed by atoms with Gasteiger partial charge < -0.3 is 4.57 Å². The fraction of sp³-hybridized carbons (Fsp3) is 0.0263. The van der Waals surface area contributed by atoms with E-state index in [4.69, 9.17) is 0 Å². The Morgan fingerprint density at radius 2 is 0.577 bits per heavy atom. The van der Waals surface area contributed by atoms with Crippen molar-refractivity contribution in [2.45, 2.75) is 13.1 Å². The summed E-state index contributed by atoms with van der Waals surface area (Å²) >= 11 is 0. The molecule has 0 spiro atoms. The summed E-state index contributed by atoms with van der Waals surface area (Å²) < 4.78 is 2.51. The van der Waals surface area contributed by atoms with Crippen molar-refractivity contribution in [1.82, 2.24) is 4.57 Å². The van der Waals surface area contributed by atoms with E-state index in [1.54, 1.807) is 0 Å². The number of aromatic nitrogens is 1. The molecule has 78 heavy (non-hydrogen) atoms. The molecule has 366 valence electrons. The Hall–Kier alpha value is -9.60.